The lowest BCUT2D eigenvalue weighted by atomic mass is 9.87. The Hall–Kier alpha value is -4.08. The first-order valence-electron chi connectivity index (χ1n) is 14.4. The maximum absolute atomic E-state index is 13.6. The molecular formula is C29H37N3O12. The second-order valence-corrected chi connectivity index (χ2v) is 10.5. The molecule has 2 saturated heterocycles. The number of amides is 3. The second-order valence-electron chi connectivity index (χ2n) is 10.5. The SMILES string of the molecule is CCOCCN1C(=O)c2cccc([C@H]3O[C@H](COC(C)=O)[C@@H](OC(C)=O)[C@H](OC(C)=O)[C@@H]3OC(=O)NN3CCCC3)c2C1=O. The van der Waals surface area contributed by atoms with Crippen LogP contribution in [0.25, 0.3) is 0 Å². The molecule has 0 saturated carbocycles. The molecule has 0 unspecified atom stereocenters. The molecule has 15 nitrogen and oxygen atoms in total. The van der Waals surface area contributed by atoms with Crippen LogP contribution in [-0.2, 0) is 42.8 Å². The van der Waals surface area contributed by atoms with Gasteiger partial charge in [0.25, 0.3) is 11.8 Å². The van der Waals surface area contributed by atoms with Gasteiger partial charge in [-0.15, -0.1) is 0 Å². The zero-order valence-corrected chi connectivity index (χ0v) is 25.1. The highest BCUT2D eigenvalue weighted by molar-refractivity contribution is 6.22. The van der Waals surface area contributed by atoms with Crippen molar-refractivity contribution in [1.82, 2.24) is 15.3 Å². The van der Waals surface area contributed by atoms with E-state index >= 15 is 0 Å². The number of esters is 3. The standard InChI is InChI=1S/C29H37N3O12/c1-5-39-14-13-32-27(36)20-10-8-9-19(22(20)28(32)37)23-25(44-29(38)30-31-11-6-7-12-31)26(42-18(4)35)24(41-17(3)34)21(43-23)15-40-16(2)33/h8-10,21,23-26H,5-7,11-15H2,1-4H3,(H,30,38)/t21-,23-,24-,25-,26+/m1/s1. The molecule has 0 spiro atoms. The molecule has 2 fully saturated rings. The lowest BCUT2D eigenvalue weighted by molar-refractivity contribution is -0.249. The van der Waals surface area contributed by atoms with Crippen LogP contribution in [0.3, 0.4) is 0 Å². The van der Waals surface area contributed by atoms with E-state index in [2.05, 4.69) is 5.43 Å². The van der Waals surface area contributed by atoms with Gasteiger partial charge in [0.2, 0.25) is 0 Å². The third-order valence-electron chi connectivity index (χ3n) is 7.29. The first-order valence-corrected chi connectivity index (χ1v) is 14.4. The van der Waals surface area contributed by atoms with Crippen molar-refractivity contribution in [3.8, 4) is 0 Å². The molecule has 0 aromatic heterocycles. The van der Waals surface area contributed by atoms with E-state index in [1.807, 2.05) is 0 Å². The van der Waals surface area contributed by atoms with Gasteiger partial charge in [0.15, 0.2) is 18.3 Å². The molecule has 0 radical (unpaired) electrons. The molecular weight excluding hydrogens is 582 g/mol. The quantitative estimate of drug-likeness (QED) is 0.162. The summed E-state index contributed by atoms with van der Waals surface area (Å²) in [5.41, 5.74) is 2.90. The summed E-state index contributed by atoms with van der Waals surface area (Å²) in [6.07, 6.45) is -6.06. The average Bonchev–Trinajstić information content (AvgIpc) is 3.55. The number of carbonyl (C=O) groups is 6. The van der Waals surface area contributed by atoms with Crippen LogP contribution in [0.15, 0.2) is 18.2 Å². The molecule has 1 aromatic rings. The number of ether oxygens (including phenoxy) is 6. The average molecular weight is 620 g/mol. The van der Waals surface area contributed by atoms with Crippen LogP contribution in [0.2, 0.25) is 0 Å². The van der Waals surface area contributed by atoms with Crippen LogP contribution >= 0.6 is 0 Å². The molecule has 3 amide bonds. The number of rotatable bonds is 11. The summed E-state index contributed by atoms with van der Waals surface area (Å²) in [5, 5.41) is 1.66. The fraction of sp³-hybridized carbons (Fsp3) is 0.586. The van der Waals surface area contributed by atoms with Crippen molar-refractivity contribution in [2.75, 3.05) is 39.5 Å². The first-order chi connectivity index (χ1) is 21.0. The van der Waals surface area contributed by atoms with Crippen molar-refractivity contribution in [2.45, 2.75) is 71.1 Å². The number of fused-ring (bicyclic) bond motifs is 1. The Morgan fingerprint density at radius 2 is 1.59 bits per heavy atom. The summed E-state index contributed by atoms with van der Waals surface area (Å²) in [7, 11) is 0. The highest BCUT2D eigenvalue weighted by Gasteiger charge is 2.54. The fourth-order valence-corrected chi connectivity index (χ4v) is 5.50. The molecule has 3 heterocycles. The van der Waals surface area contributed by atoms with Crippen LogP contribution in [0, 0.1) is 0 Å². The molecule has 1 N–H and O–H groups in total. The van der Waals surface area contributed by atoms with Crippen molar-refractivity contribution in [3.63, 3.8) is 0 Å². The largest absolute Gasteiger partial charge is 0.463 e. The minimum Gasteiger partial charge on any atom is -0.463 e. The zero-order valence-electron chi connectivity index (χ0n) is 25.1. The molecule has 240 valence electrons. The third-order valence-corrected chi connectivity index (χ3v) is 7.29. The maximum Gasteiger partial charge on any atom is 0.422 e. The summed E-state index contributed by atoms with van der Waals surface area (Å²) < 4.78 is 33.7. The van der Waals surface area contributed by atoms with Crippen LogP contribution in [-0.4, -0.2) is 110 Å². The topological polar surface area (TPSA) is 176 Å². The number of hydrazine groups is 1. The van der Waals surface area contributed by atoms with Crippen LogP contribution in [0.5, 0.6) is 0 Å². The Morgan fingerprint density at radius 1 is 0.909 bits per heavy atom. The molecule has 3 aliphatic heterocycles. The summed E-state index contributed by atoms with van der Waals surface area (Å²) in [6.45, 7) is 6.48. The maximum atomic E-state index is 13.6. The second kappa shape index (κ2) is 14.6. The predicted molar refractivity (Wildman–Crippen MR) is 148 cm³/mol. The molecule has 5 atom stereocenters. The number of hydrogen-bond acceptors (Lipinski definition) is 13. The van der Waals surface area contributed by atoms with E-state index in [-0.39, 0.29) is 29.8 Å². The lowest BCUT2D eigenvalue weighted by Gasteiger charge is -2.45. The highest BCUT2D eigenvalue weighted by Crippen LogP contribution is 2.41. The van der Waals surface area contributed by atoms with E-state index in [0.717, 1.165) is 31.6 Å². The minimum absolute atomic E-state index is 0.00297. The predicted octanol–water partition coefficient (Wildman–Crippen LogP) is 1.29. The Morgan fingerprint density at radius 3 is 2.23 bits per heavy atom. The number of nitrogens with one attached hydrogen (secondary N) is 1. The van der Waals surface area contributed by atoms with E-state index in [1.54, 1.807) is 11.9 Å². The van der Waals surface area contributed by atoms with E-state index < -0.39 is 72.9 Å². The van der Waals surface area contributed by atoms with Crippen LogP contribution in [0.1, 0.15) is 72.9 Å². The summed E-state index contributed by atoms with van der Waals surface area (Å²) in [5.74, 6) is -3.39. The Labute approximate surface area is 253 Å². The number of benzene rings is 1. The summed E-state index contributed by atoms with van der Waals surface area (Å²) in [6, 6.07) is 4.55. The third kappa shape index (κ3) is 7.52. The van der Waals surface area contributed by atoms with Crippen LogP contribution in [0.4, 0.5) is 4.79 Å². The normalized spacial score (nSPS) is 24.9. The van der Waals surface area contributed by atoms with Gasteiger partial charge in [-0.05, 0) is 31.4 Å². The molecule has 15 heteroatoms. The van der Waals surface area contributed by atoms with Crippen molar-refractivity contribution in [1.29, 1.82) is 0 Å². The number of carbonyl (C=O) groups excluding carboxylic acids is 6. The van der Waals surface area contributed by atoms with Gasteiger partial charge in [0.05, 0.1) is 24.3 Å². The molecule has 4 rings (SSSR count). The molecule has 44 heavy (non-hydrogen) atoms. The minimum atomic E-state index is -1.48. The van der Waals surface area contributed by atoms with Gasteiger partial charge in [0, 0.05) is 40.5 Å². The van der Waals surface area contributed by atoms with Crippen molar-refractivity contribution < 1.29 is 57.2 Å². The van der Waals surface area contributed by atoms with Crippen molar-refractivity contribution in [2.24, 2.45) is 0 Å². The van der Waals surface area contributed by atoms with Gasteiger partial charge in [-0.25, -0.2) is 9.80 Å². The van der Waals surface area contributed by atoms with E-state index in [0.29, 0.717) is 19.7 Å². The summed E-state index contributed by atoms with van der Waals surface area (Å²) in [4.78, 5) is 77.3. The number of hydrogen-bond donors (Lipinski definition) is 1. The zero-order chi connectivity index (χ0) is 32.0. The van der Waals surface area contributed by atoms with Crippen molar-refractivity contribution in [3.05, 3.63) is 34.9 Å². The van der Waals surface area contributed by atoms with Gasteiger partial charge in [-0.3, -0.25) is 34.3 Å². The van der Waals surface area contributed by atoms with E-state index in [1.165, 1.54) is 25.1 Å². The lowest BCUT2D eigenvalue weighted by Crippen LogP contribution is -2.60. The van der Waals surface area contributed by atoms with Gasteiger partial charge in [0.1, 0.15) is 18.8 Å². The van der Waals surface area contributed by atoms with Gasteiger partial charge in [-0.1, -0.05) is 12.1 Å². The van der Waals surface area contributed by atoms with Gasteiger partial charge >= 0.3 is 24.0 Å². The van der Waals surface area contributed by atoms with Crippen LogP contribution < -0.4 is 5.43 Å². The molecule has 3 aliphatic rings. The Kier molecular flexibility index (Phi) is 10.9. The first kappa shape index (κ1) is 32.8. The smallest absolute Gasteiger partial charge is 0.422 e. The van der Waals surface area contributed by atoms with Crippen molar-refractivity contribution >= 4 is 35.8 Å². The number of imide groups is 1. The summed E-state index contributed by atoms with van der Waals surface area (Å²) >= 11 is 0. The van der Waals surface area contributed by atoms with Gasteiger partial charge in [-0.2, -0.15) is 0 Å². The fourth-order valence-electron chi connectivity index (χ4n) is 5.50. The molecule has 1 aromatic carbocycles. The highest BCUT2D eigenvalue weighted by atomic mass is 16.7. The Balaban J connectivity index is 1.79. The Bertz CT molecular complexity index is 1280. The van der Waals surface area contributed by atoms with Gasteiger partial charge < -0.3 is 28.4 Å². The number of nitrogens with zero attached hydrogens (tertiary/aromatic N) is 2. The molecule has 0 aliphatic carbocycles. The van der Waals surface area contributed by atoms with E-state index in [4.69, 9.17) is 28.4 Å². The van der Waals surface area contributed by atoms with E-state index in [9.17, 15) is 28.8 Å². The monoisotopic (exact) mass is 619 g/mol. The molecule has 0 bridgehead atoms.